The van der Waals surface area contributed by atoms with E-state index in [0.717, 1.165) is 5.56 Å². The van der Waals surface area contributed by atoms with Gasteiger partial charge in [0.15, 0.2) is 0 Å². The second kappa shape index (κ2) is 5.57. The molecule has 5 nitrogen and oxygen atoms in total. The summed E-state index contributed by atoms with van der Waals surface area (Å²) in [5.41, 5.74) is 1.94. The number of nitrogens with zero attached hydrogens (tertiary/aromatic N) is 2. The van der Waals surface area contributed by atoms with Crippen molar-refractivity contribution in [2.24, 2.45) is 0 Å². The van der Waals surface area contributed by atoms with Gasteiger partial charge < -0.3 is 10.0 Å². The van der Waals surface area contributed by atoms with Crippen molar-refractivity contribution in [1.82, 2.24) is 0 Å². The first-order valence-electron chi connectivity index (χ1n) is 6.70. The number of hydrogen-bond acceptors (Lipinski definition) is 4. The fourth-order valence-electron chi connectivity index (χ4n) is 2.41. The number of anilines is 1. The van der Waals surface area contributed by atoms with Crippen LogP contribution < -0.4 is 4.90 Å². The van der Waals surface area contributed by atoms with Crippen LogP contribution in [0.5, 0.6) is 0 Å². The predicted molar refractivity (Wildman–Crippen MR) is 74.6 cm³/mol. The number of aliphatic hydroxyl groups excluding tert-OH is 1. The van der Waals surface area contributed by atoms with Gasteiger partial charge in [0.05, 0.1) is 11.0 Å². The molecule has 19 heavy (non-hydrogen) atoms. The van der Waals surface area contributed by atoms with Crippen LogP contribution in [0.2, 0.25) is 0 Å². The van der Waals surface area contributed by atoms with Gasteiger partial charge in [-0.1, -0.05) is 19.9 Å². The predicted octanol–water partition coefficient (Wildman–Crippen LogP) is 2.68. The first-order valence-corrected chi connectivity index (χ1v) is 6.70. The summed E-state index contributed by atoms with van der Waals surface area (Å²) in [6.45, 7) is 5.49. The van der Waals surface area contributed by atoms with Crippen LogP contribution in [0.15, 0.2) is 18.2 Å². The van der Waals surface area contributed by atoms with Gasteiger partial charge in [-0.3, -0.25) is 10.1 Å². The van der Waals surface area contributed by atoms with Crippen molar-refractivity contribution in [3.8, 4) is 0 Å². The third-order valence-corrected chi connectivity index (χ3v) is 3.67. The van der Waals surface area contributed by atoms with Gasteiger partial charge in [0, 0.05) is 19.2 Å². The lowest BCUT2D eigenvalue weighted by Crippen LogP contribution is -2.36. The Kier molecular flexibility index (Phi) is 4.04. The van der Waals surface area contributed by atoms with E-state index < -0.39 is 0 Å². The van der Waals surface area contributed by atoms with Crippen molar-refractivity contribution in [2.75, 3.05) is 18.0 Å². The Morgan fingerprint density at radius 1 is 1.37 bits per heavy atom. The quantitative estimate of drug-likeness (QED) is 0.673. The molecule has 104 valence electrons. The molecule has 0 radical (unpaired) electrons. The molecule has 1 aromatic rings. The number of hydrogen-bond donors (Lipinski definition) is 1. The zero-order chi connectivity index (χ0) is 14.0. The van der Waals surface area contributed by atoms with Crippen molar-refractivity contribution in [2.45, 2.75) is 38.7 Å². The molecule has 2 rings (SSSR count). The van der Waals surface area contributed by atoms with Gasteiger partial charge in [-0.05, 0) is 30.4 Å². The average Bonchev–Trinajstić information content (AvgIpc) is 2.38. The number of aliphatic hydroxyl groups is 1. The third kappa shape index (κ3) is 3.04. The Hall–Kier alpha value is -1.62. The highest BCUT2D eigenvalue weighted by Gasteiger charge is 2.24. The second-order valence-corrected chi connectivity index (χ2v) is 5.38. The third-order valence-electron chi connectivity index (χ3n) is 3.67. The van der Waals surface area contributed by atoms with E-state index in [2.05, 4.69) is 13.8 Å². The van der Waals surface area contributed by atoms with Gasteiger partial charge in [-0.15, -0.1) is 0 Å². The minimum absolute atomic E-state index is 0.154. The molecule has 0 aromatic heterocycles. The van der Waals surface area contributed by atoms with E-state index in [1.807, 2.05) is 17.0 Å². The molecule has 0 saturated carbocycles. The highest BCUT2D eigenvalue weighted by atomic mass is 16.6. The molecule has 5 heteroatoms. The van der Waals surface area contributed by atoms with E-state index >= 15 is 0 Å². The van der Waals surface area contributed by atoms with E-state index in [-0.39, 0.29) is 16.7 Å². The maximum Gasteiger partial charge on any atom is 0.292 e. The second-order valence-electron chi connectivity index (χ2n) is 5.38. The van der Waals surface area contributed by atoms with E-state index in [0.29, 0.717) is 37.5 Å². The van der Waals surface area contributed by atoms with E-state index in [9.17, 15) is 15.2 Å². The molecule has 1 fully saturated rings. The van der Waals surface area contributed by atoms with Crippen LogP contribution in [0.1, 0.15) is 38.2 Å². The average molecular weight is 264 g/mol. The molecule has 1 saturated heterocycles. The fraction of sp³-hybridized carbons (Fsp3) is 0.571. The Morgan fingerprint density at radius 3 is 2.53 bits per heavy atom. The topological polar surface area (TPSA) is 66.6 Å². The first kappa shape index (κ1) is 13.8. The molecular weight excluding hydrogens is 244 g/mol. The minimum Gasteiger partial charge on any atom is -0.393 e. The maximum atomic E-state index is 11.1. The summed E-state index contributed by atoms with van der Waals surface area (Å²) in [6.07, 6.45) is 1.06. The molecule has 0 aliphatic carbocycles. The largest absolute Gasteiger partial charge is 0.393 e. The maximum absolute atomic E-state index is 11.1. The lowest BCUT2D eigenvalue weighted by molar-refractivity contribution is -0.384. The molecule has 1 heterocycles. The molecule has 1 aromatic carbocycles. The fourth-order valence-corrected chi connectivity index (χ4v) is 2.41. The van der Waals surface area contributed by atoms with Crippen molar-refractivity contribution in [3.05, 3.63) is 33.9 Å². The summed E-state index contributed by atoms with van der Waals surface area (Å²) in [7, 11) is 0. The molecule has 1 aliphatic rings. The summed E-state index contributed by atoms with van der Waals surface area (Å²) in [6, 6.07) is 5.33. The molecule has 0 amide bonds. The summed E-state index contributed by atoms with van der Waals surface area (Å²) in [5.74, 6) is 0.343. The van der Waals surface area contributed by atoms with Gasteiger partial charge in [0.25, 0.3) is 5.69 Å². The molecule has 0 bridgehead atoms. The highest BCUT2D eigenvalue weighted by molar-refractivity contribution is 5.65. The molecule has 1 N–H and O–H groups in total. The Balaban J connectivity index is 2.34. The van der Waals surface area contributed by atoms with Crippen LogP contribution in [0, 0.1) is 10.1 Å². The summed E-state index contributed by atoms with van der Waals surface area (Å²) in [5, 5.41) is 20.7. The first-order chi connectivity index (χ1) is 8.99. The van der Waals surface area contributed by atoms with Gasteiger partial charge in [-0.25, -0.2) is 0 Å². The van der Waals surface area contributed by atoms with E-state index in [1.165, 1.54) is 0 Å². The molecule has 0 atom stereocenters. The molecule has 0 spiro atoms. The van der Waals surface area contributed by atoms with E-state index in [1.54, 1.807) is 6.07 Å². The molecular formula is C14H20N2O3. The lowest BCUT2D eigenvalue weighted by atomic mass is 10.0. The van der Waals surface area contributed by atoms with Crippen molar-refractivity contribution in [3.63, 3.8) is 0 Å². The van der Waals surface area contributed by atoms with Crippen LogP contribution in [0.3, 0.4) is 0 Å². The minimum atomic E-state index is -0.329. The molecule has 1 aliphatic heterocycles. The van der Waals surface area contributed by atoms with Crippen LogP contribution in [0.25, 0.3) is 0 Å². The van der Waals surface area contributed by atoms with Crippen molar-refractivity contribution in [1.29, 1.82) is 0 Å². The Morgan fingerprint density at radius 2 is 2.00 bits per heavy atom. The SMILES string of the molecule is CC(C)c1ccc([N+](=O)[O-])c(N2CCC(O)CC2)c1. The zero-order valence-corrected chi connectivity index (χ0v) is 11.4. The van der Waals surface area contributed by atoms with Crippen LogP contribution >= 0.6 is 0 Å². The van der Waals surface area contributed by atoms with E-state index in [4.69, 9.17) is 0 Å². The zero-order valence-electron chi connectivity index (χ0n) is 11.4. The standard InChI is InChI=1S/C14H20N2O3/c1-10(2)11-3-4-13(16(18)19)14(9-11)15-7-5-12(17)6-8-15/h3-4,9-10,12,17H,5-8H2,1-2H3. The van der Waals surface area contributed by atoms with Gasteiger partial charge >= 0.3 is 0 Å². The van der Waals surface area contributed by atoms with Crippen LogP contribution in [-0.2, 0) is 0 Å². The van der Waals surface area contributed by atoms with Gasteiger partial charge in [-0.2, -0.15) is 0 Å². The smallest absolute Gasteiger partial charge is 0.292 e. The molecule has 0 unspecified atom stereocenters. The van der Waals surface area contributed by atoms with Gasteiger partial charge in [0.2, 0.25) is 0 Å². The number of nitro benzene ring substituents is 1. The van der Waals surface area contributed by atoms with Crippen LogP contribution in [-0.4, -0.2) is 29.2 Å². The summed E-state index contributed by atoms with van der Waals surface area (Å²) >= 11 is 0. The summed E-state index contributed by atoms with van der Waals surface area (Å²) in [4.78, 5) is 12.8. The summed E-state index contributed by atoms with van der Waals surface area (Å²) < 4.78 is 0. The van der Waals surface area contributed by atoms with Crippen molar-refractivity contribution >= 4 is 11.4 Å². The lowest BCUT2D eigenvalue weighted by Gasteiger charge is -2.31. The Labute approximate surface area is 113 Å². The van der Waals surface area contributed by atoms with Gasteiger partial charge in [0.1, 0.15) is 5.69 Å². The number of rotatable bonds is 3. The van der Waals surface area contributed by atoms with Crippen molar-refractivity contribution < 1.29 is 10.0 Å². The normalized spacial score (nSPS) is 16.9. The number of nitro groups is 1. The number of piperidine rings is 1. The van der Waals surface area contributed by atoms with Crippen LogP contribution in [0.4, 0.5) is 11.4 Å². The highest BCUT2D eigenvalue weighted by Crippen LogP contribution is 2.33. The Bertz CT molecular complexity index is 466. The number of benzene rings is 1. The monoisotopic (exact) mass is 264 g/mol.